The van der Waals surface area contributed by atoms with E-state index < -0.39 is 25.7 Å². The van der Waals surface area contributed by atoms with E-state index in [4.69, 9.17) is 18.5 Å². The first-order chi connectivity index (χ1) is 15.8. The smallest absolute Gasteiger partial charge is 0.407 e. The van der Waals surface area contributed by atoms with E-state index in [9.17, 15) is 14.2 Å². The molecule has 0 heterocycles. The fourth-order valence-corrected chi connectivity index (χ4v) is 4.81. The molecule has 180 valence electrons. The molecule has 2 rings (SSSR count). The van der Waals surface area contributed by atoms with Gasteiger partial charge >= 0.3 is 19.7 Å². The lowest BCUT2D eigenvalue weighted by molar-refractivity contribution is -0.141. The Labute approximate surface area is 195 Å². The molecule has 0 fully saturated rings. The molecule has 1 atom stereocenters. The summed E-state index contributed by atoms with van der Waals surface area (Å²) < 4.78 is 33.8. The maximum Gasteiger partial charge on any atom is 0.407 e. The van der Waals surface area contributed by atoms with Crippen molar-refractivity contribution in [3.8, 4) is 0 Å². The van der Waals surface area contributed by atoms with Gasteiger partial charge in [-0.15, -0.1) is 0 Å². The Bertz CT molecular complexity index is 908. The Morgan fingerprint density at radius 2 is 1.48 bits per heavy atom. The number of benzene rings is 2. The minimum atomic E-state index is -3.19. The summed E-state index contributed by atoms with van der Waals surface area (Å²) in [6.07, 6.45) is 0.000333. The highest BCUT2D eigenvalue weighted by Crippen LogP contribution is 2.51. The van der Waals surface area contributed by atoms with Gasteiger partial charge in [0, 0.05) is 6.92 Å². The standard InChI is InChI=1S/C24H32NO7P/c1-4-31-33(28,32-5-2)18-22-13-11-20(12-14-22)15-23(17-29-19(3)26)25-24(27)30-16-21-9-7-6-8-10-21/h6-14,23H,4-5,15-18H2,1-3H3,(H,25,27)/t23-/m0/s1. The molecule has 0 aromatic heterocycles. The summed E-state index contributed by atoms with van der Waals surface area (Å²) in [4.78, 5) is 23.5. The van der Waals surface area contributed by atoms with Crippen LogP contribution in [0.25, 0.3) is 0 Å². The van der Waals surface area contributed by atoms with Crippen molar-refractivity contribution in [1.29, 1.82) is 0 Å². The molecule has 0 unspecified atom stereocenters. The summed E-state index contributed by atoms with van der Waals surface area (Å²) >= 11 is 0. The number of ether oxygens (including phenoxy) is 2. The molecule has 0 aliphatic carbocycles. The number of alkyl carbamates (subject to hydrolysis) is 1. The predicted octanol–water partition coefficient (Wildman–Crippen LogP) is 4.85. The van der Waals surface area contributed by atoms with Crippen LogP contribution in [-0.4, -0.2) is 37.9 Å². The zero-order chi connectivity index (χ0) is 24.1. The first-order valence-electron chi connectivity index (χ1n) is 10.9. The number of carbonyl (C=O) groups is 2. The minimum Gasteiger partial charge on any atom is -0.464 e. The molecule has 8 nitrogen and oxygen atoms in total. The van der Waals surface area contributed by atoms with Crippen LogP contribution in [0.2, 0.25) is 0 Å². The van der Waals surface area contributed by atoms with E-state index in [2.05, 4.69) is 5.32 Å². The molecule has 0 saturated heterocycles. The van der Waals surface area contributed by atoms with Crippen LogP contribution >= 0.6 is 7.60 Å². The number of rotatable bonds is 13. The van der Waals surface area contributed by atoms with E-state index in [1.54, 1.807) is 13.8 Å². The molecule has 0 bridgehead atoms. The van der Waals surface area contributed by atoms with Crippen molar-refractivity contribution in [3.05, 3.63) is 71.3 Å². The molecule has 1 N–H and O–H groups in total. The molecule has 0 saturated carbocycles. The first-order valence-corrected chi connectivity index (χ1v) is 12.6. The van der Waals surface area contributed by atoms with Gasteiger partial charge in [0.05, 0.1) is 25.4 Å². The van der Waals surface area contributed by atoms with Crippen molar-refractivity contribution >= 4 is 19.7 Å². The van der Waals surface area contributed by atoms with Gasteiger partial charge in [0.2, 0.25) is 0 Å². The Morgan fingerprint density at radius 1 is 0.879 bits per heavy atom. The molecular weight excluding hydrogens is 445 g/mol. The van der Waals surface area contributed by atoms with Crippen LogP contribution in [0.3, 0.4) is 0 Å². The fourth-order valence-electron chi connectivity index (χ4n) is 3.11. The largest absolute Gasteiger partial charge is 0.464 e. The zero-order valence-electron chi connectivity index (χ0n) is 19.3. The van der Waals surface area contributed by atoms with Crippen LogP contribution in [-0.2, 0) is 47.1 Å². The molecule has 33 heavy (non-hydrogen) atoms. The van der Waals surface area contributed by atoms with E-state index in [1.807, 2.05) is 54.6 Å². The fraction of sp³-hybridized carbons (Fsp3) is 0.417. The summed E-state index contributed by atoms with van der Waals surface area (Å²) in [5.41, 5.74) is 2.59. The minimum absolute atomic E-state index is 0.0153. The third-order valence-electron chi connectivity index (χ3n) is 4.56. The second kappa shape index (κ2) is 13.8. The number of amides is 1. The summed E-state index contributed by atoms with van der Waals surface area (Å²) in [6.45, 7) is 5.63. The van der Waals surface area contributed by atoms with Crippen LogP contribution in [0.1, 0.15) is 37.5 Å². The van der Waals surface area contributed by atoms with Gasteiger partial charge < -0.3 is 23.8 Å². The number of hydrogen-bond acceptors (Lipinski definition) is 7. The summed E-state index contributed by atoms with van der Waals surface area (Å²) in [6, 6.07) is 16.3. The SMILES string of the molecule is CCOP(=O)(Cc1ccc(C[C@@H](COC(C)=O)NC(=O)OCc2ccccc2)cc1)OCC. The van der Waals surface area contributed by atoms with Crippen molar-refractivity contribution in [3.63, 3.8) is 0 Å². The first kappa shape index (κ1) is 26.6. The van der Waals surface area contributed by atoms with Crippen LogP contribution in [0.4, 0.5) is 4.79 Å². The number of hydrogen-bond donors (Lipinski definition) is 1. The molecule has 9 heteroatoms. The van der Waals surface area contributed by atoms with Gasteiger partial charge in [-0.2, -0.15) is 0 Å². The van der Waals surface area contributed by atoms with Crippen LogP contribution < -0.4 is 5.32 Å². The van der Waals surface area contributed by atoms with E-state index >= 15 is 0 Å². The highest BCUT2D eigenvalue weighted by Gasteiger charge is 2.24. The Morgan fingerprint density at radius 3 is 2.06 bits per heavy atom. The highest BCUT2D eigenvalue weighted by molar-refractivity contribution is 7.53. The van der Waals surface area contributed by atoms with Gasteiger partial charge in [-0.05, 0) is 37.0 Å². The summed E-state index contributed by atoms with van der Waals surface area (Å²) in [7, 11) is -3.19. The Kier molecular flexibility index (Phi) is 11.1. The monoisotopic (exact) mass is 477 g/mol. The molecule has 0 aliphatic rings. The number of carbonyl (C=O) groups excluding carboxylic acids is 2. The van der Waals surface area contributed by atoms with Gasteiger partial charge in [-0.1, -0.05) is 54.6 Å². The second-order valence-corrected chi connectivity index (χ2v) is 9.39. The average molecular weight is 477 g/mol. The van der Waals surface area contributed by atoms with Gasteiger partial charge in [-0.25, -0.2) is 4.79 Å². The van der Waals surface area contributed by atoms with Gasteiger partial charge in [0.1, 0.15) is 13.2 Å². The molecule has 0 aliphatic heterocycles. The maximum absolute atomic E-state index is 12.7. The van der Waals surface area contributed by atoms with Crippen molar-refractivity contribution in [2.45, 2.75) is 46.0 Å². The van der Waals surface area contributed by atoms with E-state index in [-0.39, 0.29) is 19.4 Å². The van der Waals surface area contributed by atoms with Crippen LogP contribution in [0.5, 0.6) is 0 Å². The third kappa shape index (κ3) is 10.2. The maximum atomic E-state index is 12.7. The normalized spacial score (nSPS) is 12.1. The van der Waals surface area contributed by atoms with Crippen molar-refractivity contribution < 1.29 is 32.7 Å². The lowest BCUT2D eigenvalue weighted by atomic mass is 10.1. The molecule has 1 amide bonds. The van der Waals surface area contributed by atoms with E-state index in [1.165, 1.54) is 6.92 Å². The lowest BCUT2D eigenvalue weighted by Gasteiger charge is -2.19. The van der Waals surface area contributed by atoms with Crippen molar-refractivity contribution in [1.82, 2.24) is 5.32 Å². The van der Waals surface area contributed by atoms with Gasteiger partial charge in [0.15, 0.2) is 0 Å². The molecule has 2 aromatic rings. The van der Waals surface area contributed by atoms with E-state index in [0.29, 0.717) is 19.6 Å². The van der Waals surface area contributed by atoms with Gasteiger partial charge in [0.25, 0.3) is 0 Å². The topological polar surface area (TPSA) is 100 Å². The van der Waals surface area contributed by atoms with Crippen molar-refractivity contribution in [2.24, 2.45) is 0 Å². The third-order valence-corrected chi connectivity index (χ3v) is 6.61. The predicted molar refractivity (Wildman–Crippen MR) is 125 cm³/mol. The summed E-state index contributed by atoms with van der Waals surface area (Å²) in [5, 5.41) is 2.75. The second-order valence-electron chi connectivity index (χ2n) is 7.33. The zero-order valence-corrected chi connectivity index (χ0v) is 20.2. The van der Waals surface area contributed by atoms with Crippen LogP contribution in [0, 0.1) is 0 Å². The molecule has 2 aromatic carbocycles. The molecule has 0 radical (unpaired) electrons. The summed E-state index contributed by atoms with van der Waals surface area (Å²) in [5.74, 6) is -0.433. The quantitative estimate of drug-likeness (QED) is 0.325. The number of esters is 1. The Hall–Kier alpha value is -2.67. The molecule has 0 spiro atoms. The Balaban J connectivity index is 1.98. The van der Waals surface area contributed by atoms with E-state index in [0.717, 1.165) is 16.7 Å². The molecular formula is C24H32NO7P. The van der Waals surface area contributed by atoms with Crippen LogP contribution in [0.15, 0.2) is 54.6 Å². The van der Waals surface area contributed by atoms with Crippen molar-refractivity contribution in [2.75, 3.05) is 19.8 Å². The highest BCUT2D eigenvalue weighted by atomic mass is 31.2. The van der Waals surface area contributed by atoms with Gasteiger partial charge in [-0.3, -0.25) is 9.36 Å². The number of nitrogens with one attached hydrogen (secondary N) is 1. The lowest BCUT2D eigenvalue weighted by Crippen LogP contribution is -2.40. The average Bonchev–Trinajstić information content (AvgIpc) is 2.78.